The maximum absolute atomic E-state index is 4.77. The molecule has 102 valence electrons. The lowest BCUT2D eigenvalue weighted by atomic mass is 10.0. The summed E-state index contributed by atoms with van der Waals surface area (Å²) >= 11 is 0. The van der Waals surface area contributed by atoms with Crippen molar-refractivity contribution < 1.29 is 0 Å². The molecule has 0 aliphatic carbocycles. The maximum Gasteiger partial charge on any atom is 0.159 e. The Hall–Kier alpha value is -1.42. The van der Waals surface area contributed by atoms with E-state index in [9.17, 15) is 0 Å². The Bertz CT molecular complexity index is 540. The second-order valence-electron chi connectivity index (χ2n) is 5.42. The van der Waals surface area contributed by atoms with Crippen molar-refractivity contribution in [1.29, 1.82) is 0 Å². The van der Waals surface area contributed by atoms with Gasteiger partial charge in [-0.2, -0.15) is 0 Å². The average molecular weight is 258 g/mol. The van der Waals surface area contributed by atoms with E-state index in [1.54, 1.807) is 0 Å². The Labute approximate surface area is 114 Å². The lowest BCUT2D eigenvalue weighted by molar-refractivity contribution is 0.513. The largest absolute Gasteiger partial charge is 0.316 e. The van der Waals surface area contributed by atoms with Crippen molar-refractivity contribution in [3.63, 3.8) is 0 Å². The van der Waals surface area contributed by atoms with Gasteiger partial charge in [0.1, 0.15) is 11.3 Å². The van der Waals surface area contributed by atoms with Gasteiger partial charge >= 0.3 is 0 Å². The quantitative estimate of drug-likeness (QED) is 0.895. The summed E-state index contributed by atoms with van der Waals surface area (Å²) in [4.78, 5) is 9.26. The third kappa shape index (κ3) is 2.63. The summed E-state index contributed by atoms with van der Waals surface area (Å²) in [6.45, 7) is 5.58. The lowest BCUT2D eigenvalue weighted by Gasteiger charge is -2.10. The van der Waals surface area contributed by atoms with E-state index in [1.807, 2.05) is 12.3 Å². The molecule has 0 bridgehead atoms. The predicted octanol–water partition coefficient (Wildman–Crippen LogP) is 2.38. The average Bonchev–Trinajstić information content (AvgIpc) is 3.05. The van der Waals surface area contributed by atoms with Gasteiger partial charge in [0.25, 0.3) is 0 Å². The maximum atomic E-state index is 4.77. The molecule has 3 rings (SSSR count). The van der Waals surface area contributed by atoms with Crippen molar-refractivity contribution in [1.82, 2.24) is 19.9 Å². The third-order valence-electron chi connectivity index (χ3n) is 3.97. The molecule has 2 aromatic heterocycles. The molecule has 3 heterocycles. The zero-order valence-electron chi connectivity index (χ0n) is 11.6. The third-order valence-corrected chi connectivity index (χ3v) is 3.97. The van der Waals surface area contributed by atoms with Gasteiger partial charge in [-0.1, -0.05) is 6.92 Å². The summed E-state index contributed by atoms with van der Waals surface area (Å²) in [5.41, 5.74) is 2.08. The lowest BCUT2D eigenvalue weighted by Crippen LogP contribution is -2.11. The first kappa shape index (κ1) is 12.6. The van der Waals surface area contributed by atoms with E-state index in [0.717, 1.165) is 36.5 Å². The SMILES string of the molecule is CCCn1c(CCC2CCNC2)nc2cccnc21. The second kappa shape index (κ2) is 5.70. The van der Waals surface area contributed by atoms with Crippen LogP contribution in [0.25, 0.3) is 11.2 Å². The van der Waals surface area contributed by atoms with Crippen LogP contribution >= 0.6 is 0 Å². The highest BCUT2D eigenvalue weighted by atomic mass is 15.1. The zero-order valence-corrected chi connectivity index (χ0v) is 11.6. The Kier molecular flexibility index (Phi) is 3.78. The van der Waals surface area contributed by atoms with E-state index in [1.165, 1.54) is 31.8 Å². The number of imidazole rings is 1. The normalized spacial score (nSPS) is 19.3. The minimum absolute atomic E-state index is 0.822. The molecule has 1 aliphatic heterocycles. The van der Waals surface area contributed by atoms with Crippen LogP contribution in [0.1, 0.15) is 32.0 Å². The number of pyridine rings is 1. The van der Waals surface area contributed by atoms with E-state index in [0.29, 0.717) is 0 Å². The summed E-state index contributed by atoms with van der Waals surface area (Å²) in [5, 5.41) is 3.44. The van der Waals surface area contributed by atoms with E-state index in [-0.39, 0.29) is 0 Å². The Morgan fingerprint density at radius 3 is 3.21 bits per heavy atom. The van der Waals surface area contributed by atoms with Crippen LogP contribution in [0.5, 0.6) is 0 Å². The van der Waals surface area contributed by atoms with Gasteiger partial charge in [0.2, 0.25) is 0 Å². The summed E-state index contributed by atoms with van der Waals surface area (Å²) in [5.74, 6) is 2.03. The molecular formula is C15H22N4. The molecule has 4 nitrogen and oxygen atoms in total. The van der Waals surface area contributed by atoms with Gasteiger partial charge in [-0.3, -0.25) is 0 Å². The van der Waals surface area contributed by atoms with Crippen LogP contribution in [-0.2, 0) is 13.0 Å². The van der Waals surface area contributed by atoms with E-state index in [4.69, 9.17) is 4.98 Å². The van der Waals surface area contributed by atoms with Gasteiger partial charge in [-0.15, -0.1) is 0 Å². The van der Waals surface area contributed by atoms with Gasteiger partial charge in [0, 0.05) is 19.2 Å². The summed E-state index contributed by atoms with van der Waals surface area (Å²) in [6.07, 6.45) is 6.61. The van der Waals surface area contributed by atoms with Gasteiger partial charge in [0.15, 0.2) is 5.65 Å². The van der Waals surface area contributed by atoms with Gasteiger partial charge in [0.05, 0.1) is 0 Å². The van der Waals surface area contributed by atoms with E-state index < -0.39 is 0 Å². The monoisotopic (exact) mass is 258 g/mol. The first-order valence-electron chi connectivity index (χ1n) is 7.39. The number of nitrogens with one attached hydrogen (secondary N) is 1. The molecule has 0 aromatic carbocycles. The minimum Gasteiger partial charge on any atom is -0.316 e. The van der Waals surface area contributed by atoms with Crippen molar-refractivity contribution in [2.24, 2.45) is 5.92 Å². The molecule has 1 atom stereocenters. The van der Waals surface area contributed by atoms with Crippen molar-refractivity contribution in [3.8, 4) is 0 Å². The minimum atomic E-state index is 0.822. The number of fused-ring (bicyclic) bond motifs is 1. The van der Waals surface area contributed by atoms with Crippen LogP contribution in [0, 0.1) is 5.92 Å². The molecule has 0 radical (unpaired) electrons. The molecule has 4 heteroatoms. The smallest absolute Gasteiger partial charge is 0.159 e. The van der Waals surface area contributed by atoms with Crippen LogP contribution in [0.15, 0.2) is 18.3 Å². The summed E-state index contributed by atoms with van der Waals surface area (Å²) in [7, 11) is 0. The van der Waals surface area contributed by atoms with Crippen molar-refractivity contribution in [2.45, 2.75) is 39.2 Å². The van der Waals surface area contributed by atoms with Crippen LogP contribution in [0.4, 0.5) is 0 Å². The zero-order chi connectivity index (χ0) is 13.1. The molecule has 1 N–H and O–H groups in total. The fourth-order valence-corrected chi connectivity index (χ4v) is 2.95. The second-order valence-corrected chi connectivity index (χ2v) is 5.42. The van der Waals surface area contributed by atoms with Crippen LogP contribution in [0.3, 0.4) is 0 Å². The molecule has 0 amide bonds. The highest BCUT2D eigenvalue weighted by Gasteiger charge is 2.17. The van der Waals surface area contributed by atoms with Crippen LogP contribution in [0.2, 0.25) is 0 Å². The Morgan fingerprint density at radius 1 is 1.47 bits per heavy atom. The van der Waals surface area contributed by atoms with Crippen molar-refractivity contribution >= 4 is 11.2 Å². The molecule has 0 saturated carbocycles. The fourth-order valence-electron chi connectivity index (χ4n) is 2.95. The predicted molar refractivity (Wildman–Crippen MR) is 77.1 cm³/mol. The highest BCUT2D eigenvalue weighted by molar-refractivity contribution is 5.71. The van der Waals surface area contributed by atoms with Crippen LogP contribution in [-0.4, -0.2) is 27.6 Å². The van der Waals surface area contributed by atoms with Crippen molar-refractivity contribution in [2.75, 3.05) is 13.1 Å². The van der Waals surface area contributed by atoms with Crippen molar-refractivity contribution in [3.05, 3.63) is 24.2 Å². The Balaban J connectivity index is 1.82. The molecule has 0 spiro atoms. The number of aromatic nitrogens is 3. The number of aryl methyl sites for hydroxylation is 2. The van der Waals surface area contributed by atoms with Crippen LogP contribution < -0.4 is 5.32 Å². The van der Waals surface area contributed by atoms with Gasteiger partial charge in [-0.05, 0) is 50.4 Å². The van der Waals surface area contributed by atoms with Gasteiger partial charge < -0.3 is 9.88 Å². The van der Waals surface area contributed by atoms with Gasteiger partial charge in [-0.25, -0.2) is 9.97 Å². The number of rotatable bonds is 5. The first-order valence-corrected chi connectivity index (χ1v) is 7.39. The number of nitrogens with zero attached hydrogens (tertiary/aromatic N) is 3. The summed E-state index contributed by atoms with van der Waals surface area (Å²) < 4.78 is 2.30. The topological polar surface area (TPSA) is 42.7 Å². The standard InChI is InChI=1S/C15H22N4/c1-2-10-19-14(6-5-12-7-9-16-11-12)18-13-4-3-8-17-15(13)19/h3-4,8,12,16H,2,5-7,9-11H2,1H3. The first-order chi connectivity index (χ1) is 9.38. The molecule has 1 saturated heterocycles. The molecule has 1 aliphatic rings. The summed E-state index contributed by atoms with van der Waals surface area (Å²) in [6, 6.07) is 4.03. The molecule has 1 unspecified atom stereocenters. The van der Waals surface area contributed by atoms with E-state index >= 15 is 0 Å². The number of hydrogen-bond donors (Lipinski definition) is 1. The molecule has 1 fully saturated rings. The fraction of sp³-hybridized carbons (Fsp3) is 0.600. The highest BCUT2D eigenvalue weighted by Crippen LogP contribution is 2.19. The molecule has 19 heavy (non-hydrogen) atoms. The Morgan fingerprint density at radius 2 is 2.42 bits per heavy atom. The molecular weight excluding hydrogens is 236 g/mol. The molecule has 2 aromatic rings. The number of hydrogen-bond acceptors (Lipinski definition) is 3. The van der Waals surface area contributed by atoms with E-state index in [2.05, 4.69) is 27.9 Å².